The zero-order chi connectivity index (χ0) is 34.6. The van der Waals surface area contributed by atoms with Crippen molar-refractivity contribution >= 4 is 58.2 Å². The maximum Gasteiger partial charge on any atom is 0.258 e. The topological polar surface area (TPSA) is 95.0 Å². The second kappa shape index (κ2) is 10.9. The van der Waals surface area contributed by atoms with Crippen LogP contribution < -0.4 is 9.80 Å². The summed E-state index contributed by atoms with van der Waals surface area (Å²) in [5, 5.41) is 11.0. The Bertz CT molecular complexity index is 1980. The molecule has 248 valence electrons. The first-order valence-corrected chi connectivity index (χ1v) is 15.7. The van der Waals surface area contributed by atoms with Crippen molar-refractivity contribution in [2.75, 3.05) is 9.80 Å². The van der Waals surface area contributed by atoms with Crippen LogP contribution in [0.1, 0.15) is 36.8 Å². The number of halogens is 7. The minimum atomic E-state index is -2.71. The molecule has 0 bridgehead atoms. The molecule has 2 saturated heterocycles. The van der Waals surface area contributed by atoms with Gasteiger partial charge in [0.2, 0.25) is 17.6 Å². The molecule has 4 amide bonds. The van der Waals surface area contributed by atoms with Crippen molar-refractivity contribution in [2.45, 2.75) is 41.9 Å². The molecule has 2 heterocycles. The van der Waals surface area contributed by atoms with Gasteiger partial charge in [-0.05, 0) is 48.9 Å². The average molecular weight is 705 g/mol. The van der Waals surface area contributed by atoms with Crippen LogP contribution in [0.25, 0.3) is 0 Å². The third-order valence-electron chi connectivity index (χ3n) is 10.1. The molecule has 1 saturated carbocycles. The zero-order valence-corrected chi connectivity index (χ0v) is 26.3. The largest absolute Gasteiger partial charge is 0.508 e. The number of nitrogens with zero attached hydrogens (tertiary/aromatic N) is 2. The van der Waals surface area contributed by atoms with E-state index in [2.05, 4.69) is 0 Å². The van der Waals surface area contributed by atoms with Crippen LogP contribution in [0.3, 0.4) is 0 Å². The third kappa shape index (κ3) is 3.98. The van der Waals surface area contributed by atoms with Crippen LogP contribution in [-0.2, 0) is 25.6 Å². The highest BCUT2D eigenvalue weighted by atomic mass is 35.5. The van der Waals surface area contributed by atoms with Crippen LogP contribution in [0.4, 0.5) is 33.3 Å². The van der Waals surface area contributed by atoms with E-state index in [1.165, 1.54) is 24.3 Å². The molecule has 0 spiro atoms. The van der Waals surface area contributed by atoms with Gasteiger partial charge in [-0.15, -0.1) is 23.2 Å². The van der Waals surface area contributed by atoms with E-state index in [0.29, 0.717) is 12.1 Å². The number of rotatable bonds is 4. The molecule has 3 aromatic rings. The summed E-state index contributed by atoms with van der Waals surface area (Å²) in [6.45, 7) is 1.94. The quantitative estimate of drug-likeness (QED) is 0.0845. The Labute approximate surface area is 279 Å². The molecule has 2 aliphatic heterocycles. The Morgan fingerprint density at radius 3 is 2.00 bits per heavy atom. The van der Waals surface area contributed by atoms with Gasteiger partial charge in [0, 0.05) is 11.5 Å². The Morgan fingerprint density at radius 2 is 1.40 bits per heavy atom. The number of carbonyl (C=O) groups is 4. The molecule has 1 N–H and O–H groups in total. The van der Waals surface area contributed by atoms with Gasteiger partial charge in [0.15, 0.2) is 33.0 Å². The van der Waals surface area contributed by atoms with Gasteiger partial charge in [0.1, 0.15) is 11.4 Å². The lowest BCUT2D eigenvalue weighted by molar-refractivity contribution is -0.125. The molecular formula is C34H23Cl2F5N2O5. The predicted octanol–water partition coefficient (Wildman–Crippen LogP) is 6.42. The van der Waals surface area contributed by atoms with Gasteiger partial charge in [-0.1, -0.05) is 48.9 Å². The Balaban J connectivity index is 1.41. The first-order valence-electron chi connectivity index (χ1n) is 14.9. The molecule has 3 aromatic carbocycles. The summed E-state index contributed by atoms with van der Waals surface area (Å²) < 4.78 is 73.0. The van der Waals surface area contributed by atoms with Gasteiger partial charge in [0.25, 0.3) is 11.8 Å². The third-order valence-corrected chi connectivity index (χ3v) is 11.5. The van der Waals surface area contributed by atoms with Crippen molar-refractivity contribution in [1.29, 1.82) is 0 Å². The summed E-state index contributed by atoms with van der Waals surface area (Å²) in [5.74, 6) is -21.8. The monoisotopic (exact) mass is 704 g/mol. The molecule has 6 atom stereocenters. The van der Waals surface area contributed by atoms with Crippen molar-refractivity contribution in [1.82, 2.24) is 0 Å². The van der Waals surface area contributed by atoms with Crippen LogP contribution in [0.15, 0.2) is 60.2 Å². The predicted molar refractivity (Wildman–Crippen MR) is 163 cm³/mol. The fourth-order valence-electron chi connectivity index (χ4n) is 7.78. The van der Waals surface area contributed by atoms with Crippen molar-refractivity contribution in [3.63, 3.8) is 0 Å². The first-order chi connectivity index (χ1) is 22.7. The van der Waals surface area contributed by atoms with Gasteiger partial charge < -0.3 is 5.11 Å². The maximum absolute atomic E-state index is 15.1. The van der Waals surface area contributed by atoms with E-state index in [1.54, 1.807) is 30.3 Å². The van der Waals surface area contributed by atoms with E-state index in [9.17, 15) is 37.5 Å². The smallest absolute Gasteiger partial charge is 0.258 e. The number of allylic oxidation sites excluding steroid dienone is 2. The number of carbonyl (C=O) groups excluding carboxylic acids is 4. The fourth-order valence-corrected chi connectivity index (χ4v) is 8.71. The normalized spacial score (nSPS) is 29.6. The van der Waals surface area contributed by atoms with Gasteiger partial charge in [-0.3, -0.25) is 24.1 Å². The summed E-state index contributed by atoms with van der Waals surface area (Å²) in [5.41, 5.74) is -0.411. The van der Waals surface area contributed by atoms with E-state index in [1.807, 2.05) is 6.92 Å². The summed E-state index contributed by atoms with van der Waals surface area (Å²) in [6.07, 6.45) is 1.63. The lowest BCUT2D eigenvalue weighted by atomic mass is 9.56. The molecule has 3 fully saturated rings. The summed E-state index contributed by atoms with van der Waals surface area (Å²) >= 11 is 14.1. The molecule has 7 nitrogen and oxygen atoms in total. The van der Waals surface area contributed by atoms with Crippen LogP contribution in [0.5, 0.6) is 5.75 Å². The zero-order valence-electron chi connectivity index (χ0n) is 24.7. The van der Waals surface area contributed by atoms with E-state index < -0.39 is 104 Å². The van der Waals surface area contributed by atoms with Crippen molar-refractivity contribution in [3.05, 3.63) is 100 Å². The number of amides is 4. The summed E-state index contributed by atoms with van der Waals surface area (Å²) in [4.78, 5) is 51.8. The van der Waals surface area contributed by atoms with E-state index in [0.717, 1.165) is 10.5 Å². The Kier molecular flexibility index (Phi) is 7.30. The number of fused-ring (bicyclic) bond motifs is 4. The van der Waals surface area contributed by atoms with E-state index in [-0.39, 0.29) is 22.5 Å². The molecule has 0 aromatic heterocycles. The van der Waals surface area contributed by atoms with E-state index in [4.69, 9.17) is 23.2 Å². The van der Waals surface area contributed by atoms with Crippen LogP contribution >= 0.6 is 23.2 Å². The molecule has 6 unspecified atom stereocenters. The van der Waals surface area contributed by atoms with Crippen LogP contribution in [0.2, 0.25) is 0 Å². The van der Waals surface area contributed by atoms with Crippen molar-refractivity contribution in [2.24, 2.45) is 17.8 Å². The summed E-state index contributed by atoms with van der Waals surface area (Å²) in [6, 6.07) is 12.3. The Morgan fingerprint density at radius 1 is 0.792 bits per heavy atom. The molecule has 48 heavy (non-hydrogen) atoms. The highest BCUT2D eigenvalue weighted by Gasteiger charge is 2.77. The SMILES string of the molecule is CCc1ccc(N2C(=O)C3CC=C4C(CC5(Cl)C(=O)N(c6c(F)c(F)c(F)c(F)c6F)C(=O)C5(Cl)C4c4ccccc4O)C3C2=O)cc1. The van der Waals surface area contributed by atoms with Gasteiger partial charge in [-0.25, -0.2) is 26.9 Å². The lowest BCUT2D eigenvalue weighted by Crippen LogP contribution is -2.60. The number of imide groups is 2. The number of phenolic OH excluding ortho intramolecular Hbond substituents is 1. The second-order valence-corrected chi connectivity index (χ2v) is 13.5. The minimum Gasteiger partial charge on any atom is -0.508 e. The standard InChI is InChI=1S/C34H23Cl2F5N2O5/c1-2-14-7-9-15(10-8-14)42-29(45)18-12-11-16-19(21(18)30(42)46)13-33(35)31(47)43(28-26(40)24(38)23(37)25(39)27(28)41)32(48)34(33,36)22(16)17-5-3-4-6-20(17)44/h3-11,18-19,21-22,44H,2,12-13H2,1H3. The molecule has 14 heteroatoms. The van der Waals surface area contributed by atoms with Crippen molar-refractivity contribution < 1.29 is 46.2 Å². The molecule has 2 aliphatic carbocycles. The number of hydrogen-bond donors (Lipinski definition) is 1. The molecule has 4 aliphatic rings. The summed E-state index contributed by atoms with van der Waals surface area (Å²) in [7, 11) is 0. The maximum atomic E-state index is 15.1. The van der Waals surface area contributed by atoms with Gasteiger partial charge >= 0.3 is 0 Å². The number of benzene rings is 3. The number of phenols is 1. The fraction of sp³-hybridized carbons (Fsp3) is 0.294. The number of para-hydroxylation sites is 1. The highest BCUT2D eigenvalue weighted by molar-refractivity contribution is 6.58. The number of aryl methyl sites for hydroxylation is 1. The molecule has 0 radical (unpaired) electrons. The van der Waals surface area contributed by atoms with Gasteiger partial charge in [0.05, 0.1) is 17.5 Å². The van der Waals surface area contributed by atoms with Crippen LogP contribution in [0, 0.1) is 46.8 Å². The molecule has 7 rings (SSSR count). The first kappa shape index (κ1) is 32.3. The van der Waals surface area contributed by atoms with Crippen molar-refractivity contribution in [3.8, 4) is 5.75 Å². The average Bonchev–Trinajstić information content (AvgIpc) is 3.41. The molecular weight excluding hydrogens is 682 g/mol. The number of anilines is 2. The second-order valence-electron chi connectivity index (χ2n) is 12.3. The number of hydrogen-bond acceptors (Lipinski definition) is 5. The number of alkyl halides is 2. The van der Waals surface area contributed by atoms with Crippen LogP contribution in [-0.4, -0.2) is 38.5 Å². The highest BCUT2D eigenvalue weighted by Crippen LogP contribution is 2.66. The van der Waals surface area contributed by atoms with Gasteiger partial charge in [-0.2, -0.15) is 0 Å². The lowest BCUT2D eigenvalue weighted by Gasteiger charge is -2.50. The van der Waals surface area contributed by atoms with E-state index >= 15 is 8.78 Å². The Hall–Kier alpha value is -4.29. The number of aromatic hydroxyl groups is 1. The minimum absolute atomic E-state index is 0.0134.